The molecular weight excluding hydrogens is 404 g/mol. The second kappa shape index (κ2) is 12.1. The van der Waals surface area contributed by atoms with Crippen molar-refractivity contribution in [1.82, 2.24) is 10.2 Å². The van der Waals surface area contributed by atoms with Crippen LogP contribution in [-0.4, -0.2) is 43.0 Å². The van der Waals surface area contributed by atoms with Crippen LogP contribution in [0.1, 0.15) is 48.9 Å². The highest BCUT2D eigenvalue weighted by atomic mass is 16.5. The van der Waals surface area contributed by atoms with Gasteiger partial charge in [-0.3, -0.25) is 9.59 Å². The Hall–Kier alpha value is -3.02. The average molecular weight is 441 g/mol. The fourth-order valence-electron chi connectivity index (χ4n) is 3.46. The van der Waals surface area contributed by atoms with Gasteiger partial charge >= 0.3 is 0 Å². The van der Waals surface area contributed by atoms with Gasteiger partial charge in [0.15, 0.2) is 6.61 Å². The number of methoxy groups -OCH3 is 1. The first-order valence-electron chi connectivity index (χ1n) is 11.2. The van der Waals surface area contributed by atoms with E-state index in [4.69, 9.17) is 9.47 Å². The predicted molar refractivity (Wildman–Crippen MR) is 127 cm³/mol. The molecule has 0 radical (unpaired) electrons. The summed E-state index contributed by atoms with van der Waals surface area (Å²) in [7, 11) is 1.60. The van der Waals surface area contributed by atoms with Crippen LogP contribution in [0.5, 0.6) is 11.5 Å². The number of nitrogens with one attached hydrogen (secondary N) is 1. The summed E-state index contributed by atoms with van der Waals surface area (Å²) in [6.07, 6.45) is 1.89. The minimum absolute atomic E-state index is 0.139. The minimum Gasteiger partial charge on any atom is -0.497 e. The van der Waals surface area contributed by atoms with E-state index < -0.39 is 6.04 Å². The number of benzene rings is 2. The molecule has 0 heterocycles. The molecule has 0 unspecified atom stereocenters. The first-order valence-corrected chi connectivity index (χ1v) is 11.2. The van der Waals surface area contributed by atoms with Crippen LogP contribution in [0, 0.1) is 20.8 Å². The van der Waals surface area contributed by atoms with E-state index in [0.29, 0.717) is 18.0 Å². The monoisotopic (exact) mass is 440 g/mol. The lowest BCUT2D eigenvalue weighted by molar-refractivity contribution is -0.142. The van der Waals surface area contributed by atoms with E-state index in [1.54, 1.807) is 18.9 Å². The number of hydrogen-bond donors (Lipinski definition) is 1. The number of hydrogen-bond acceptors (Lipinski definition) is 4. The summed E-state index contributed by atoms with van der Waals surface area (Å²) in [6.45, 7) is 10.6. The fourth-order valence-corrected chi connectivity index (χ4v) is 3.46. The molecule has 0 spiro atoms. The minimum atomic E-state index is -0.630. The zero-order valence-corrected chi connectivity index (χ0v) is 20.2. The van der Waals surface area contributed by atoms with Gasteiger partial charge in [0.1, 0.15) is 17.5 Å². The van der Waals surface area contributed by atoms with Gasteiger partial charge < -0.3 is 19.7 Å². The molecule has 174 valence electrons. The van der Waals surface area contributed by atoms with Crippen molar-refractivity contribution in [2.45, 2.75) is 60.0 Å². The van der Waals surface area contributed by atoms with Gasteiger partial charge in [0.05, 0.1) is 7.11 Å². The van der Waals surface area contributed by atoms with Crippen LogP contribution in [-0.2, 0) is 16.1 Å². The molecule has 1 atom stereocenters. The summed E-state index contributed by atoms with van der Waals surface area (Å²) in [5, 5.41) is 2.93. The number of ether oxygens (including phenoxy) is 2. The first kappa shape index (κ1) is 25.2. The maximum absolute atomic E-state index is 13.2. The normalized spacial score (nSPS) is 11.6. The molecule has 2 aromatic carbocycles. The number of unbranched alkanes of at least 4 members (excludes halogenated alkanes) is 1. The number of carbonyl (C=O) groups is 2. The Bertz CT molecular complexity index is 926. The van der Waals surface area contributed by atoms with Gasteiger partial charge in [0.25, 0.3) is 5.91 Å². The third-order valence-corrected chi connectivity index (χ3v) is 5.60. The molecule has 0 saturated carbocycles. The summed E-state index contributed by atoms with van der Waals surface area (Å²) in [5.41, 5.74) is 4.08. The van der Waals surface area contributed by atoms with Gasteiger partial charge in [-0.2, -0.15) is 0 Å². The van der Waals surface area contributed by atoms with E-state index in [-0.39, 0.29) is 25.0 Å². The molecular formula is C26H36N2O4. The van der Waals surface area contributed by atoms with Crippen molar-refractivity contribution >= 4 is 11.8 Å². The molecule has 0 aliphatic heterocycles. The van der Waals surface area contributed by atoms with Gasteiger partial charge in [-0.1, -0.05) is 31.5 Å². The van der Waals surface area contributed by atoms with Gasteiger partial charge in [-0.15, -0.1) is 0 Å². The Labute approximate surface area is 191 Å². The van der Waals surface area contributed by atoms with Gasteiger partial charge in [-0.25, -0.2) is 0 Å². The standard InChI is InChI=1S/C26H36N2O4/c1-7-8-12-27-26(30)21(5)28(16-22-10-9-11-23(15-22)31-6)25(29)17-32-24-14-18(2)13-19(3)20(24)4/h9-11,13-15,21H,7-8,12,16-17H2,1-6H3,(H,27,30)/t21-/m0/s1. The summed E-state index contributed by atoms with van der Waals surface area (Å²) in [4.78, 5) is 27.5. The average Bonchev–Trinajstić information content (AvgIpc) is 2.78. The highest BCUT2D eigenvalue weighted by molar-refractivity contribution is 5.88. The summed E-state index contributed by atoms with van der Waals surface area (Å²) in [5.74, 6) is 0.982. The van der Waals surface area contributed by atoms with Gasteiger partial charge in [0, 0.05) is 13.1 Å². The first-order chi connectivity index (χ1) is 15.3. The Balaban J connectivity index is 2.20. The van der Waals surface area contributed by atoms with Crippen molar-refractivity contribution in [2.24, 2.45) is 0 Å². The molecule has 0 aliphatic carbocycles. The summed E-state index contributed by atoms with van der Waals surface area (Å²) < 4.78 is 11.2. The topological polar surface area (TPSA) is 67.9 Å². The lowest BCUT2D eigenvalue weighted by Gasteiger charge is -2.29. The Morgan fingerprint density at radius 1 is 1.12 bits per heavy atom. The lowest BCUT2D eigenvalue weighted by atomic mass is 10.1. The van der Waals surface area contributed by atoms with Crippen molar-refractivity contribution < 1.29 is 19.1 Å². The Morgan fingerprint density at radius 2 is 1.88 bits per heavy atom. The molecule has 0 aliphatic rings. The molecule has 2 amide bonds. The number of amides is 2. The maximum atomic E-state index is 13.2. The molecule has 32 heavy (non-hydrogen) atoms. The van der Waals surface area contributed by atoms with Crippen molar-refractivity contribution in [3.63, 3.8) is 0 Å². The van der Waals surface area contributed by atoms with Crippen LogP contribution < -0.4 is 14.8 Å². The number of nitrogens with zero attached hydrogens (tertiary/aromatic N) is 1. The summed E-state index contributed by atoms with van der Waals surface area (Å²) >= 11 is 0. The van der Waals surface area contributed by atoms with E-state index in [2.05, 4.69) is 18.3 Å². The third kappa shape index (κ3) is 7.01. The number of carbonyl (C=O) groups excluding carboxylic acids is 2. The van der Waals surface area contributed by atoms with E-state index in [1.807, 2.05) is 51.1 Å². The van der Waals surface area contributed by atoms with Crippen LogP contribution >= 0.6 is 0 Å². The zero-order valence-electron chi connectivity index (χ0n) is 20.2. The molecule has 0 saturated heterocycles. The molecule has 2 aromatic rings. The van der Waals surface area contributed by atoms with Crippen LogP contribution in [0.4, 0.5) is 0 Å². The Kier molecular flexibility index (Phi) is 9.57. The van der Waals surface area contributed by atoms with Crippen LogP contribution in [0.25, 0.3) is 0 Å². The van der Waals surface area contributed by atoms with Crippen LogP contribution in [0.2, 0.25) is 0 Å². The predicted octanol–water partition coefficient (Wildman–Crippen LogP) is 4.33. The third-order valence-electron chi connectivity index (χ3n) is 5.60. The smallest absolute Gasteiger partial charge is 0.261 e. The highest BCUT2D eigenvalue weighted by Crippen LogP contribution is 2.23. The molecule has 2 rings (SSSR count). The van der Waals surface area contributed by atoms with Gasteiger partial charge in [0.2, 0.25) is 5.91 Å². The van der Waals surface area contributed by atoms with Crippen molar-refractivity contribution in [1.29, 1.82) is 0 Å². The van der Waals surface area contributed by atoms with Crippen LogP contribution in [0.15, 0.2) is 36.4 Å². The highest BCUT2D eigenvalue weighted by Gasteiger charge is 2.26. The van der Waals surface area contributed by atoms with Crippen molar-refractivity contribution in [3.8, 4) is 11.5 Å². The second-order valence-electron chi connectivity index (χ2n) is 8.19. The van der Waals surface area contributed by atoms with Crippen LogP contribution in [0.3, 0.4) is 0 Å². The molecule has 0 bridgehead atoms. The number of rotatable bonds is 11. The summed E-state index contributed by atoms with van der Waals surface area (Å²) in [6, 6.07) is 10.9. The van der Waals surface area contributed by atoms with Crippen molar-refractivity contribution in [2.75, 3.05) is 20.3 Å². The van der Waals surface area contributed by atoms with Crippen molar-refractivity contribution in [3.05, 3.63) is 58.7 Å². The molecule has 0 fully saturated rings. The molecule has 6 heteroatoms. The van der Waals surface area contributed by atoms with E-state index >= 15 is 0 Å². The lowest BCUT2D eigenvalue weighted by Crippen LogP contribution is -2.49. The van der Waals surface area contributed by atoms with E-state index in [9.17, 15) is 9.59 Å². The Morgan fingerprint density at radius 3 is 2.56 bits per heavy atom. The molecule has 0 aromatic heterocycles. The SMILES string of the molecule is CCCCNC(=O)[C@H](C)N(Cc1cccc(OC)c1)C(=O)COc1cc(C)cc(C)c1C. The van der Waals surface area contributed by atoms with Gasteiger partial charge in [-0.05, 0) is 74.6 Å². The molecule has 6 nitrogen and oxygen atoms in total. The second-order valence-corrected chi connectivity index (χ2v) is 8.19. The molecule has 1 N–H and O–H groups in total. The van der Waals surface area contributed by atoms with E-state index in [1.165, 1.54) is 0 Å². The quantitative estimate of drug-likeness (QED) is 0.528. The zero-order chi connectivity index (χ0) is 23.7. The largest absolute Gasteiger partial charge is 0.497 e. The maximum Gasteiger partial charge on any atom is 0.261 e. The number of aryl methyl sites for hydroxylation is 2. The fraction of sp³-hybridized carbons (Fsp3) is 0.462. The van der Waals surface area contributed by atoms with E-state index in [0.717, 1.165) is 35.1 Å².